The van der Waals surface area contributed by atoms with Gasteiger partial charge in [0, 0.05) is 24.8 Å². The summed E-state index contributed by atoms with van der Waals surface area (Å²) in [5.41, 5.74) is 1.04. The highest BCUT2D eigenvalue weighted by Crippen LogP contribution is 2.22. The minimum atomic E-state index is -0.213. The molecular formula is C20H25FN4OS. The van der Waals surface area contributed by atoms with E-state index in [9.17, 15) is 9.18 Å². The fourth-order valence-corrected chi connectivity index (χ4v) is 4.67. The van der Waals surface area contributed by atoms with E-state index in [1.165, 1.54) is 36.3 Å². The highest BCUT2D eigenvalue weighted by atomic mass is 32.1. The van der Waals surface area contributed by atoms with E-state index >= 15 is 0 Å². The number of halogens is 1. The minimum Gasteiger partial charge on any atom is -0.371 e. The third-order valence-electron chi connectivity index (χ3n) is 5.36. The Balaban J connectivity index is 1.26. The van der Waals surface area contributed by atoms with Crippen molar-refractivity contribution < 1.29 is 9.18 Å². The molecule has 1 amide bonds. The number of nitrogens with zero attached hydrogens (tertiary/aromatic N) is 3. The molecule has 2 fully saturated rings. The molecule has 0 unspecified atom stereocenters. The van der Waals surface area contributed by atoms with Gasteiger partial charge in [-0.3, -0.25) is 9.69 Å². The van der Waals surface area contributed by atoms with Crippen molar-refractivity contribution in [2.45, 2.75) is 38.3 Å². The molecule has 2 saturated heterocycles. The van der Waals surface area contributed by atoms with Crippen LogP contribution in [0.1, 0.15) is 40.4 Å². The Morgan fingerprint density at radius 2 is 1.85 bits per heavy atom. The number of anilines is 1. The van der Waals surface area contributed by atoms with Crippen molar-refractivity contribution in [3.05, 3.63) is 46.2 Å². The van der Waals surface area contributed by atoms with Crippen LogP contribution in [0, 0.1) is 5.82 Å². The molecule has 27 heavy (non-hydrogen) atoms. The van der Waals surface area contributed by atoms with Gasteiger partial charge in [0.1, 0.15) is 15.7 Å². The fourth-order valence-electron chi connectivity index (χ4n) is 3.81. The number of rotatable bonds is 5. The molecule has 2 aliphatic heterocycles. The van der Waals surface area contributed by atoms with E-state index in [1.54, 1.807) is 6.20 Å². The van der Waals surface area contributed by atoms with E-state index in [0.29, 0.717) is 4.88 Å². The lowest BCUT2D eigenvalue weighted by molar-refractivity contribution is 0.0935. The monoisotopic (exact) mass is 388 g/mol. The minimum absolute atomic E-state index is 0.0135. The molecule has 0 atom stereocenters. The number of benzene rings is 1. The van der Waals surface area contributed by atoms with Crippen LogP contribution in [0.5, 0.6) is 0 Å². The zero-order valence-electron chi connectivity index (χ0n) is 15.4. The van der Waals surface area contributed by atoms with Crippen molar-refractivity contribution in [1.82, 2.24) is 15.2 Å². The molecule has 1 aromatic heterocycles. The van der Waals surface area contributed by atoms with Crippen molar-refractivity contribution in [1.29, 1.82) is 0 Å². The van der Waals surface area contributed by atoms with E-state index in [4.69, 9.17) is 0 Å². The number of likely N-dealkylation sites (tertiary alicyclic amines) is 1. The first-order chi connectivity index (χ1) is 13.2. The lowest BCUT2D eigenvalue weighted by Gasteiger charge is -2.33. The number of nitrogens with one attached hydrogen (secondary N) is 1. The van der Waals surface area contributed by atoms with Crippen molar-refractivity contribution in [3.8, 4) is 0 Å². The molecule has 0 saturated carbocycles. The van der Waals surface area contributed by atoms with E-state index in [1.807, 2.05) is 12.1 Å². The summed E-state index contributed by atoms with van der Waals surface area (Å²) in [4.78, 5) is 22.3. The first-order valence-electron chi connectivity index (χ1n) is 9.66. The molecule has 0 spiro atoms. The van der Waals surface area contributed by atoms with Crippen molar-refractivity contribution >= 4 is 22.9 Å². The van der Waals surface area contributed by atoms with Crippen LogP contribution in [-0.4, -0.2) is 48.0 Å². The van der Waals surface area contributed by atoms with Gasteiger partial charge in [-0.15, -0.1) is 11.3 Å². The van der Waals surface area contributed by atoms with E-state index in [2.05, 4.69) is 20.1 Å². The van der Waals surface area contributed by atoms with Gasteiger partial charge < -0.3 is 10.2 Å². The van der Waals surface area contributed by atoms with Gasteiger partial charge in [0.25, 0.3) is 5.91 Å². The maximum absolute atomic E-state index is 13.1. The number of carbonyl (C=O) groups is 1. The molecule has 4 rings (SSSR count). The molecule has 0 aliphatic carbocycles. The highest BCUT2D eigenvalue weighted by Gasteiger charge is 2.23. The second kappa shape index (κ2) is 8.35. The zero-order chi connectivity index (χ0) is 18.6. The Hall–Kier alpha value is -1.99. The van der Waals surface area contributed by atoms with E-state index < -0.39 is 0 Å². The summed E-state index contributed by atoms with van der Waals surface area (Å²) in [5.74, 6) is -0.227. The van der Waals surface area contributed by atoms with Gasteiger partial charge >= 0.3 is 0 Å². The van der Waals surface area contributed by atoms with Crippen LogP contribution >= 0.6 is 11.3 Å². The van der Waals surface area contributed by atoms with Crippen LogP contribution in [0.4, 0.5) is 10.1 Å². The van der Waals surface area contributed by atoms with E-state index in [-0.39, 0.29) is 17.8 Å². The lowest BCUT2D eigenvalue weighted by Crippen LogP contribution is -2.44. The Bertz CT molecular complexity index is 765. The highest BCUT2D eigenvalue weighted by molar-refractivity contribution is 7.13. The molecule has 0 radical (unpaired) electrons. The van der Waals surface area contributed by atoms with Crippen molar-refractivity contribution in [2.75, 3.05) is 31.1 Å². The summed E-state index contributed by atoms with van der Waals surface area (Å²) in [6, 6.07) is 6.79. The molecule has 144 valence electrons. The second-order valence-corrected chi connectivity index (χ2v) is 8.43. The third-order valence-corrected chi connectivity index (χ3v) is 6.34. The molecular weight excluding hydrogens is 363 g/mol. The Morgan fingerprint density at radius 1 is 1.15 bits per heavy atom. The number of carbonyl (C=O) groups excluding carboxylic acids is 1. The standard InChI is InChI=1S/C20H25FN4OS/c21-15-3-5-17(6-4-15)25-11-7-16(8-12-25)23-20(26)18-13-22-19(27-18)14-24-9-1-2-10-24/h3-6,13,16H,1-2,7-12,14H2,(H,23,26). The Morgan fingerprint density at radius 3 is 2.56 bits per heavy atom. The average Bonchev–Trinajstić information content (AvgIpc) is 3.36. The first-order valence-corrected chi connectivity index (χ1v) is 10.5. The molecule has 5 nitrogen and oxygen atoms in total. The van der Waals surface area contributed by atoms with Crippen LogP contribution in [0.25, 0.3) is 0 Å². The van der Waals surface area contributed by atoms with E-state index in [0.717, 1.165) is 56.3 Å². The third kappa shape index (κ3) is 4.65. The normalized spacial score (nSPS) is 18.8. The SMILES string of the molecule is O=C(NC1CCN(c2ccc(F)cc2)CC1)c1cnc(CN2CCCC2)s1. The number of amides is 1. The van der Waals surface area contributed by atoms with Gasteiger partial charge in [0.05, 0.1) is 12.7 Å². The van der Waals surface area contributed by atoms with Crippen molar-refractivity contribution in [3.63, 3.8) is 0 Å². The smallest absolute Gasteiger partial charge is 0.263 e. The molecule has 3 heterocycles. The maximum Gasteiger partial charge on any atom is 0.263 e. The molecule has 2 aliphatic rings. The molecule has 1 N–H and O–H groups in total. The summed E-state index contributed by atoms with van der Waals surface area (Å²) in [6.45, 7) is 4.84. The Labute approximate surface area is 163 Å². The van der Waals surface area contributed by atoms with Crippen LogP contribution in [-0.2, 0) is 6.54 Å². The number of hydrogen-bond acceptors (Lipinski definition) is 5. The zero-order valence-corrected chi connectivity index (χ0v) is 16.2. The van der Waals surface area contributed by atoms with Gasteiger partial charge in [-0.1, -0.05) is 0 Å². The van der Waals surface area contributed by atoms with Crippen LogP contribution in [0.2, 0.25) is 0 Å². The quantitative estimate of drug-likeness (QED) is 0.854. The number of hydrogen-bond donors (Lipinski definition) is 1. The largest absolute Gasteiger partial charge is 0.371 e. The van der Waals surface area contributed by atoms with Crippen LogP contribution in [0.3, 0.4) is 0 Å². The van der Waals surface area contributed by atoms with Gasteiger partial charge in [0.15, 0.2) is 0 Å². The number of aromatic nitrogens is 1. The van der Waals surface area contributed by atoms with Gasteiger partial charge in [0.2, 0.25) is 0 Å². The van der Waals surface area contributed by atoms with Gasteiger partial charge in [-0.2, -0.15) is 0 Å². The fraction of sp³-hybridized carbons (Fsp3) is 0.500. The molecule has 1 aromatic carbocycles. The van der Waals surface area contributed by atoms with Crippen LogP contribution < -0.4 is 10.2 Å². The van der Waals surface area contributed by atoms with Crippen molar-refractivity contribution in [2.24, 2.45) is 0 Å². The molecule has 7 heteroatoms. The molecule has 0 bridgehead atoms. The topological polar surface area (TPSA) is 48.5 Å². The number of thiazole rings is 1. The summed E-state index contributed by atoms with van der Waals surface area (Å²) < 4.78 is 13.1. The summed E-state index contributed by atoms with van der Waals surface area (Å²) in [5, 5.41) is 4.18. The predicted molar refractivity (Wildman–Crippen MR) is 106 cm³/mol. The maximum atomic E-state index is 13.1. The second-order valence-electron chi connectivity index (χ2n) is 7.31. The number of piperidine rings is 1. The summed E-state index contributed by atoms with van der Waals surface area (Å²) >= 11 is 1.50. The average molecular weight is 389 g/mol. The lowest BCUT2D eigenvalue weighted by atomic mass is 10.0. The molecule has 2 aromatic rings. The van der Waals surface area contributed by atoms with Gasteiger partial charge in [-0.25, -0.2) is 9.37 Å². The first kappa shape index (κ1) is 18.4. The predicted octanol–water partition coefficient (Wildman–Crippen LogP) is 3.28. The summed E-state index contributed by atoms with van der Waals surface area (Å²) in [7, 11) is 0. The van der Waals surface area contributed by atoms with Crippen LogP contribution in [0.15, 0.2) is 30.5 Å². The van der Waals surface area contributed by atoms with Gasteiger partial charge in [-0.05, 0) is 63.0 Å². The summed E-state index contributed by atoms with van der Waals surface area (Å²) in [6.07, 6.45) is 6.01. The Kier molecular flexibility index (Phi) is 5.69.